The van der Waals surface area contributed by atoms with Crippen molar-refractivity contribution in [2.75, 3.05) is 6.61 Å². The summed E-state index contributed by atoms with van der Waals surface area (Å²) in [5.74, 6) is -0.890. The van der Waals surface area contributed by atoms with Gasteiger partial charge < -0.3 is 9.84 Å². The van der Waals surface area contributed by atoms with Crippen molar-refractivity contribution in [2.45, 2.75) is 6.92 Å². The number of fused-ring (bicyclic) bond motifs is 1. The van der Waals surface area contributed by atoms with Crippen molar-refractivity contribution in [3.05, 3.63) is 41.7 Å². The van der Waals surface area contributed by atoms with Crippen molar-refractivity contribution in [1.29, 1.82) is 5.26 Å². The second kappa shape index (κ2) is 6.02. The maximum Gasteiger partial charge on any atom is 0.360 e. The van der Waals surface area contributed by atoms with E-state index in [1.165, 1.54) is 17.5 Å². The quantitative estimate of drug-likeness (QED) is 0.743. The van der Waals surface area contributed by atoms with Crippen LogP contribution in [-0.2, 0) is 4.74 Å². The number of hydrogen-bond donors (Lipinski definition) is 1. The lowest BCUT2D eigenvalue weighted by Gasteiger charge is -2.02. The van der Waals surface area contributed by atoms with Crippen LogP contribution in [0.3, 0.4) is 0 Å². The summed E-state index contributed by atoms with van der Waals surface area (Å²) in [7, 11) is 0. The van der Waals surface area contributed by atoms with Gasteiger partial charge in [0.05, 0.1) is 24.4 Å². The lowest BCUT2D eigenvalue weighted by molar-refractivity contribution is 0.0516. The lowest BCUT2D eigenvalue weighted by atomic mass is 10.1. The average Bonchev–Trinajstić information content (AvgIpc) is 3.00. The van der Waals surface area contributed by atoms with Gasteiger partial charge in [0.25, 0.3) is 0 Å². The Bertz CT molecular complexity index is 926. The van der Waals surface area contributed by atoms with E-state index in [1.54, 1.807) is 31.2 Å². The average molecular weight is 325 g/mol. The molecule has 0 saturated carbocycles. The van der Waals surface area contributed by atoms with Gasteiger partial charge in [0.1, 0.15) is 15.2 Å². The van der Waals surface area contributed by atoms with Gasteiger partial charge in [-0.1, -0.05) is 12.1 Å². The van der Waals surface area contributed by atoms with Gasteiger partial charge in [-0.05, 0) is 19.1 Å². The molecule has 6 nitrogen and oxygen atoms in total. The van der Waals surface area contributed by atoms with Crippen LogP contribution < -0.4 is 0 Å². The zero-order valence-corrected chi connectivity index (χ0v) is 12.9. The van der Waals surface area contributed by atoms with E-state index in [9.17, 15) is 9.90 Å². The molecule has 0 aliphatic rings. The van der Waals surface area contributed by atoms with Crippen LogP contribution in [0.5, 0.6) is 5.75 Å². The molecule has 0 fully saturated rings. The Labute approximate surface area is 135 Å². The largest absolute Gasteiger partial charge is 0.504 e. The highest BCUT2D eigenvalue weighted by Gasteiger charge is 2.19. The molecule has 2 heterocycles. The van der Waals surface area contributed by atoms with Crippen LogP contribution in [0.25, 0.3) is 20.8 Å². The number of benzene rings is 1. The second-order valence-corrected chi connectivity index (χ2v) is 5.60. The van der Waals surface area contributed by atoms with Crippen molar-refractivity contribution >= 4 is 27.5 Å². The molecule has 114 valence electrons. The van der Waals surface area contributed by atoms with Gasteiger partial charge >= 0.3 is 5.97 Å². The molecule has 3 aromatic rings. The van der Waals surface area contributed by atoms with Gasteiger partial charge in [-0.2, -0.15) is 5.26 Å². The molecule has 23 heavy (non-hydrogen) atoms. The van der Waals surface area contributed by atoms with Crippen LogP contribution in [0.15, 0.2) is 30.5 Å². The van der Waals surface area contributed by atoms with Crippen molar-refractivity contribution in [2.24, 2.45) is 0 Å². The van der Waals surface area contributed by atoms with Crippen LogP contribution in [0.1, 0.15) is 23.0 Å². The highest BCUT2D eigenvalue weighted by Crippen LogP contribution is 2.36. The molecule has 0 radical (unpaired) electrons. The molecule has 3 rings (SSSR count). The SMILES string of the molecule is CCOC(=O)c1ncc2nc(-c3ccc(C#N)cc3)sc2c1O. The predicted molar refractivity (Wildman–Crippen MR) is 85.2 cm³/mol. The van der Waals surface area contributed by atoms with E-state index < -0.39 is 5.97 Å². The minimum Gasteiger partial charge on any atom is -0.504 e. The second-order valence-electron chi connectivity index (χ2n) is 4.60. The molecule has 0 unspecified atom stereocenters. The Morgan fingerprint density at radius 1 is 1.39 bits per heavy atom. The van der Waals surface area contributed by atoms with E-state index >= 15 is 0 Å². The van der Waals surface area contributed by atoms with Crippen LogP contribution in [0.4, 0.5) is 0 Å². The topological polar surface area (TPSA) is 96.1 Å². The standard InChI is InChI=1S/C16H11N3O3S/c1-2-22-16(21)12-13(20)14-11(8-18-12)19-15(23-14)10-5-3-9(7-17)4-6-10/h3-6,8,20H,2H2,1H3. The summed E-state index contributed by atoms with van der Waals surface area (Å²) in [6, 6.07) is 9.02. The minimum absolute atomic E-state index is 0.116. The maximum atomic E-state index is 11.8. The molecule has 0 atom stereocenters. The molecule has 1 N–H and O–H groups in total. The molecule has 0 saturated heterocycles. The Morgan fingerprint density at radius 3 is 2.78 bits per heavy atom. The van der Waals surface area contributed by atoms with Gasteiger partial charge in [0.15, 0.2) is 11.4 Å². The van der Waals surface area contributed by atoms with Gasteiger partial charge in [-0.15, -0.1) is 11.3 Å². The van der Waals surface area contributed by atoms with E-state index in [1.807, 2.05) is 0 Å². The van der Waals surface area contributed by atoms with Gasteiger partial charge in [0.2, 0.25) is 0 Å². The molecule has 1 aromatic carbocycles. The zero-order valence-electron chi connectivity index (χ0n) is 12.1. The first-order valence-corrected chi connectivity index (χ1v) is 7.62. The van der Waals surface area contributed by atoms with Crippen LogP contribution in [0.2, 0.25) is 0 Å². The molecule has 0 amide bonds. The Kier molecular flexibility index (Phi) is 3.91. The van der Waals surface area contributed by atoms with Crippen molar-refractivity contribution in [3.63, 3.8) is 0 Å². The van der Waals surface area contributed by atoms with Crippen molar-refractivity contribution in [1.82, 2.24) is 9.97 Å². The van der Waals surface area contributed by atoms with Gasteiger partial charge in [-0.3, -0.25) is 0 Å². The molecular weight excluding hydrogens is 314 g/mol. The maximum absolute atomic E-state index is 11.8. The third-order valence-electron chi connectivity index (χ3n) is 3.14. The molecular formula is C16H11N3O3S. The predicted octanol–water partition coefficient (Wildman–Crippen LogP) is 3.11. The van der Waals surface area contributed by atoms with Crippen LogP contribution in [0, 0.1) is 11.3 Å². The summed E-state index contributed by atoms with van der Waals surface area (Å²) in [4.78, 5) is 20.1. The lowest BCUT2D eigenvalue weighted by Crippen LogP contribution is -2.07. The number of carbonyl (C=O) groups excluding carboxylic acids is 1. The Balaban J connectivity index is 2.06. The number of nitriles is 1. The molecule has 0 bridgehead atoms. The summed E-state index contributed by atoms with van der Waals surface area (Å²) in [6.45, 7) is 1.89. The molecule has 0 aliphatic heterocycles. The summed E-state index contributed by atoms with van der Waals surface area (Å²) in [5.41, 5.74) is 1.76. The van der Waals surface area contributed by atoms with E-state index in [2.05, 4.69) is 16.0 Å². The summed E-state index contributed by atoms with van der Waals surface area (Å²) < 4.78 is 5.34. The highest BCUT2D eigenvalue weighted by molar-refractivity contribution is 7.22. The van der Waals surface area contributed by atoms with Crippen LogP contribution >= 0.6 is 11.3 Å². The Morgan fingerprint density at radius 2 is 2.13 bits per heavy atom. The number of aromatic nitrogens is 2. The molecule has 0 aliphatic carbocycles. The van der Waals surface area contributed by atoms with E-state index in [4.69, 9.17) is 10.00 Å². The van der Waals surface area contributed by atoms with E-state index in [0.717, 1.165) is 5.56 Å². The number of carbonyl (C=O) groups is 1. The first-order valence-electron chi connectivity index (χ1n) is 6.80. The fourth-order valence-electron chi connectivity index (χ4n) is 2.04. The van der Waals surface area contributed by atoms with E-state index in [-0.39, 0.29) is 18.1 Å². The van der Waals surface area contributed by atoms with Crippen molar-refractivity contribution in [3.8, 4) is 22.4 Å². The van der Waals surface area contributed by atoms with E-state index in [0.29, 0.717) is 20.8 Å². The molecule has 2 aromatic heterocycles. The number of rotatable bonds is 3. The Hall–Kier alpha value is -2.98. The summed E-state index contributed by atoms with van der Waals surface area (Å²) in [6.07, 6.45) is 1.44. The smallest absolute Gasteiger partial charge is 0.360 e. The number of ether oxygens (including phenoxy) is 1. The summed E-state index contributed by atoms with van der Waals surface area (Å²) >= 11 is 1.25. The van der Waals surface area contributed by atoms with Gasteiger partial charge in [-0.25, -0.2) is 14.8 Å². The highest BCUT2D eigenvalue weighted by atomic mass is 32.1. The number of esters is 1. The van der Waals surface area contributed by atoms with Crippen molar-refractivity contribution < 1.29 is 14.6 Å². The fourth-order valence-corrected chi connectivity index (χ4v) is 3.03. The zero-order chi connectivity index (χ0) is 16.4. The fraction of sp³-hybridized carbons (Fsp3) is 0.125. The molecule has 0 spiro atoms. The normalized spacial score (nSPS) is 10.4. The third kappa shape index (κ3) is 2.72. The van der Waals surface area contributed by atoms with Crippen LogP contribution in [-0.4, -0.2) is 27.7 Å². The number of aromatic hydroxyl groups is 1. The monoisotopic (exact) mass is 325 g/mol. The first kappa shape index (κ1) is 14.9. The number of pyridine rings is 1. The minimum atomic E-state index is -0.666. The number of hydrogen-bond acceptors (Lipinski definition) is 7. The van der Waals surface area contributed by atoms with Gasteiger partial charge in [0, 0.05) is 5.56 Å². The molecule has 7 heteroatoms. The number of thiazole rings is 1. The number of nitrogens with zero attached hydrogens (tertiary/aromatic N) is 3. The third-order valence-corrected chi connectivity index (χ3v) is 4.27. The first-order chi connectivity index (χ1) is 11.1. The summed E-state index contributed by atoms with van der Waals surface area (Å²) in [5, 5.41) is 19.7.